The summed E-state index contributed by atoms with van der Waals surface area (Å²) < 4.78 is 38.9. The van der Waals surface area contributed by atoms with Gasteiger partial charge in [-0.15, -0.1) is 0 Å². The molecular formula is C25H33N3O7S. The normalized spacial score (nSPS) is 21.2. The minimum atomic E-state index is -1.62. The van der Waals surface area contributed by atoms with Gasteiger partial charge in [0.15, 0.2) is 0 Å². The Balaban J connectivity index is 1.30. The number of carbonyl (C=O) groups is 1. The van der Waals surface area contributed by atoms with Crippen molar-refractivity contribution in [3.8, 4) is 17.5 Å². The highest BCUT2D eigenvalue weighted by molar-refractivity contribution is 7.75. The maximum absolute atomic E-state index is 12.3. The van der Waals surface area contributed by atoms with Gasteiger partial charge in [-0.25, -0.2) is 14.8 Å². The Bertz CT molecular complexity index is 1060. The van der Waals surface area contributed by atoms with Crippen molar-refractivity contribution in [1.82, 2.24) is 14.9 Å². The summed E-state index contributed by atoms with van der Waals surface area (Å²) in [6.07, 6.45) is 3.21. The second-order valence-electron chi connectivity index (χ2n) is 9.98. The molecule has 0 spiro atoms. The largest absolute Gasteiger partial charge is 0.474 e. The lowest BCUT2D eigenvalue weighted by molar-refractivity contribution is 0.0122. The molecule has 0 aliphatic carbocycles. The van der Waals surface area contributed by atoms with Gasteiger partial charge in [-0.2, -0.15) is 4.21 Å². The summed E-state index contributed by atoms with van der Waals surface area (Å²) in [5.74, 6) is 1.71. The first-order chi connectivity index (χ1) is 17.2. The van der Waals surface area contributed by atoms with E-state index in [1.165, 1.54) is 6.33 Å². The molecule has 1 amide bonds. The maximum atomic E-state index is 12.3. The molecule has 11 heteroatoms. The topological polar surface area (TPSA) is 109 Å². The molecule has 2 aliphatic heterocycles. The fraction of sp³-hybridized carbons (Fsp3) is 0.560. The van der Waals surface area contributed by atoms with Crippen LogP contribution in [0.3, 0.4) is 0 Å². The van der Waals surface area contributed by atoms with Gasteiger partial charge < -0.3 is 19.1 Å². The van der Waals surface area contributed by atoms with Crippen LogP contribution in [0.25, 0.3) is 0 Å². The van der Waals surface area contributed by atoms with E-state index in [2.05, 4.69) is 9.97 Å². The first-order valence-corrected chi connectivity index (χ1v) is 13.1. The standard InChI is InChI=1S/C25H33N3O7S/c1-17-22(33-20-7-5-18(6-8-20)13-19-14-31-36(30)32-15-19)26-16-27-23(17)34-21-9-11-28(12-10-21)24(29)35-25(2,3)4/h5-8,16,19,21H,9-15H2,1-4H3/t19-,36+. The van der Waals surface area contributed by atoms with Gasteiger partial charge in [-0.1, -0.05) is 12.1 Å². The molecule has 2 aromatic rings. The second kappa shape index (κ2) is 11.5. The van der Waals surface area contributed by atoms with Crippen LogP contribution in [0.15, 0.2) is 30.6 Å². The molecule has 3 heterocycles. The van der Waals surface area contributed by atoms with Crippen LogP contribution in [-0.4, -0.2) is 63.2 Å². The van der Waals surface area contributed by atoms with Crippen LogP contribution in [0.5, 0.6) is 17.5 Å². The summed E-state index contributed by atoms with van der Waals surface area (Å²) in [5, 5.41) is 0. The summed E-state index contributed by atoms with van der Waals surface area (Å²) in [4.78, 5) is 22.6. The summed E-state index contributed by atoms with van der Waals surface area (Å²) >= 11 is -1.62. The number of ether oxygens (including phenoxy) is 3. The molecule has 2 fully saturated rings. The molecule has 4 rings (SSSR count). The van der Waals surface area contributed by atoms with Gasteiger partial charge >= 0.3 is 17.5 Å². The highest BCUT2D eigenvalue weighted by atomic mass is 32.2. The molecule has 0 bridgehead atoms. The highest BCUT2D eigenvalue weighted by Crippen LogP contribution is 2.30. The zero-order valence-electron chi connectivity index (χ0n) is 21.1. The van der Waals surface area contributed by atoms with Gasteiger partial charge in [0.1, 0.15) is 23.8 Å². The van der Waals surface area contributed by atoms with Crippen LogP contribution in [-0.2, 0) is 30.9 Å². The van der Waals surface area contributed by atoms with E-state index in [0.717, 1.165) is 12.0 Å². The summed E-state index contributed by atoms with van der Waals surface area (Å²) in [5.41, 5.74) is 1.30. The molecule has 0 unspecified atom stereocenters. The van der Waals surface area contributed by atoms with Crippen LogP contribution in [0.1, 0.15) is 44.7 Å². The fourth-order valence-electron chi connectivity index (χ4n) is 3.92. The Labute approximate surface area is 214 Å². The third-order valence-corrected chi connectivity index (χ3v) is 6.48. The van der Waals surface area contributed by atoms with Gasteiger partial charge in [-0.05, 0) is 51.8 Å². The van der Waals surface area contributed by atoms with Gasteiger partial charge in [-0.3, -0.25) is 8.37 Å². The molecule has 2 aliphatic rings. The van der Waals surface area contributed by atoms with Gasteiger partial charge in [0, 0.05) is 31.8 Å². The monoisotopic (exact) mass is 519 g/mol. The van der Waals surface area contributed by atoms with Crippen molar-refractivity contribution in [2.45, 2.75) is 58.7 Å². The van der Waals surface area contributed by atoms with Crippen molar-refractivity contribution < 1.29 is 31.6 Å². The molecule has 0 saturated carbocycles. The Kier molecular flexibility index (Phi) is 8.43. The molecular weight excluding hydrogens is 486 g/mol. The van der Waals surface area contributed by atoms with Gasteiger partial charge in [0.2, 0.25) is 11.8 Å². The van der Waals surface area contributed by atoms with Crippen LogP contribution in [0.2, 0.25) is 0 Å². The first kappa shape index (κ1) is 26.3. The van der Waals surface area contributed by atoms with Crippen molar-refractivity contribution >= 4 is 17.5 Å². The molecule has 36 heavy (non-hydrogen) atoms. The fourth-order valence-corrected chi connectivity index (χ4v) is 4.60. The minimum Gasteiger partial charge on any atom is -0.474 e. The lowest BCUT2D eigenvalue weighted by atomic mass is 10.0. The predicted molar refractivity (Wildman–Crippen MR) is 132 cm³/mol. The number of nitrogens with zero attached hydrogens (tertiary/aromatic N) is 3. The number of hydrogen-bond acceptors (Lipinski definition) is 9. The summed E-state index contributed by atoms with van der Waals surface area (Å²) in [7, 11) is 0. The average Bonchev–Trinajstić information content (AvgIpc) is 2.84. The number of aromatic nitrogens is 2. The number of carbonyl (C=O) groups excluding carboxylic acids is 1. The summed E-state index contributed by atoms with van der Waals surface area (Å²) in [6.45, 7) is 9.40. The third-order valence-electron chi connectivity index (χ3n) is 5.83. The van der Waals surface area contributed by atoms with Crippen LogP contribution >= 0.6 is 0 Å². The van der Waals surface area contributed by atoms with E-state index in [9.17, 15) is 9.00 Å². The predicted octanol–water partition coefficient (Wildman–Crippen LogP) is 4.14. The molecule has 0 radical (unpaired) electrons. The number of likely N-dealkylation sites (tertiary alicyclic amines) is 1. The second-order valence-corrected chi connectivity index (χ2v) is 10.9. The summed E-state index contributed by atoms with van der Waals surface area (Å²) in [6, 6.07) is 7.72. The lowest BCUT2D eigenvalue weighted by Crippen LogP contribution is -2.44. The van der Waals surface area contributed by atoms with Crippen molar-refractivity contribution in [3.05, 3.63) is 41.7 Å². The van der Waals surface area contributed by atoms with Gasteiger partial charge in [0.25, 0.3) is 0 Å². The molecule has 196 valence electrons. The lowest BCUT2D eigenvalue weighted by Gasteiger charge is -2.33. The van der Waals surface area contributed by atoms with E-state index in [0.29, 0.717) is 62.2 Å². The molecule has 1 aromatic heterocycles. The Morgan fingerprint density at radius 3 is 2.36 bits per heavy atom. The van der Waals surface area contributed by atoms with Crippen molar-refractivity contribution in [2.75, 3.05) is 26.3 Å². The van der Waals surface area contributed by atoms with E-state index in [-0.39, 0.29) is 18.1 Å². The highest BCUT2D eigenvalue weighted by Gasteiger charge is 2.28. The molecule has 1 aromatic carbocycles. The first-order valence-electron chi connectivity index (χ1n) is 12.1. The quantitative estimate of drug-likeness (QED) is 0.556. The Morgan fingerprint density at radius 1 is 1.08 bits per heavy atom. The molecule has 0 atom stereocenters. The van der Waals surface area contributed by atoms with E-state index < -0.39 is 17.0 Å². The number of benzene rings is 1. The minimum absolute atomic E-state index is 0.0606. The molecule has 2 saturated heterocycles. The van der Waals surface area contributed by atoms with Crippen LogP contribution in [0.4, 0.5) is 4.79 Å². The van der Waals surface area contributed by atoms with Crippen LogP contribution < -0.4 is 9.47 Å². The number of hydrogen-bond donors (Lipinski definition) is 0. The van der Waals surface area contributed by atoms with E-state index in [1.54, 1.807) is 4.90 Å². The molecule has 0 N–H and O–H groups in total. The average molecular weight is 520 g/mol. The van der Waals surface area contributed by atoms with E-state index >= 15 is 0 Å². The van der Waals surface area contributed by atoms with Crippen molar-refractivity contribution in [3.63, 3.8) is 0 Å². The number of piperidine rings is 1. The smallest absolute Gasteiger partial charge is 0.410 e. The maximum Gasteiger partial charge on any atom is 0.410 e. The number of amides is 1. The van der Waals surface area contributed by atoms with Gasteiger partial charge in [0.05, 0.1) is 18.8 Å². The third kappa shape index (κ3) is 7.37. The molecule has 10 nitrogen and oxygen atoms in total. The Morgan fingerprint density at radius 2 is 1.72 bits per heavy atom. The number of rotatable bonds is 6. The van der Waals surface area contributed by atoms with Crippen LogP contribution in [0, 0.1) is 12.8 Å². The zero-order valence-corrected chi connectivity index (χ0v) is 21.9. The van der Waals surface area contributed by atoms with Crippen molar-refractivity contribution in [2.24, 2.45) is 5.92 Å². The van der Waals surface area contributed by atoms with E-state index in [1.807, 2.05) is 52.0 Å². The van der Waals surface area contributed by atoms with Crippen molar-refractivity contribution in [1.29, 1.82) is 0 Å². The van der Waals surface area contributed by atoms with E-state index in [4.69, 9.17) is 22.6 Å². The zero-order chi connectivity index (χ0) is 25.7. The SMILES string of the molecule is Cc1c(Oc2ccc(C[C@H]3CO[S@@](=O)OC3)cc2)ncnc1OC1CCN(C(=O)OC(C)(C)C)CC1. The Hall–Kier alpha value is -2.76.